The molecular weight excluding hydrogens is 298 g/mol. The SMILES string of the molecule is COc1ccccc1N=C(Nc1ccccc1)Nc1ccccc1. The molecule has 24 heavy (non-hydrogen) atoms. The van der Waals surface area contributed by atoms with Crippen molar-refractivity contribution in [1.29, 1.82) is 0 Å². The van der Waals surface area contributed by atoms with Gasteiger partial charge in [-0.05, 0) is 36.4 Å². The van der Waals surface area contributed by atoms with Crippen LogP contribution >= 0.6 is 0 Å². The molecule has 0 aliphatic rings. The van der Waals surface area contributed by atoms with Crippen LogP contribution in [-0.4, -0.2) is 13.1 Å². The summed E-state index contributed by atoms with van der Waals surface area (Å²) in [6.45, 7) is 0. The van der Waals surface area contributed by atoms with Gasteiger partial charge < -0.3 is 15.4 Å². The van der Waals surface area contributed by atoms with E-state index < -0.39 is 0 Å². The van der Waals surface area contributed by atoms with Crippen molar-refractivity contribution < 1.29 is 4.74 Å². The topological polar surface area (TPSA) is 45.6 Å². The molecule has 3 aromatic carbocycles. The fraction of sp³-hybridized carbons (Fsp3) is 0.0500. The average Bonchev–Trinajstić information content (AvgIpc) is 2.64. The molecule has 0 amide bonds. The minimum atomic E-state index is 0.622. The number of benzene rings is 3. The maximum absolute atomic E-state index is 5.38. The van der Waals surface area contributed by atoms with E-state index in [-0.39, 0.29) is 0 Å². The number of hydrogen-bond donors (Lipinski definition) is 2. The molecule has 0 fully saturated rings. The van der Waals surface area contributed by atoms with E-state index in [0.29, 0.717) is 5.96 Å². The Morgan fingerprint density at radius 2 is 1.21 bits per heavy atom. The summed E-state index contributed by atoms with van der Waals surface area (Å²) >= 11 is 0. The van der Waals surface area contributed by atoms with Crippen LogP contribution in [0.25, 0.3) is 0 Å². The number of ether oxygens (including phenoxy) is 1. The molecule has 0 bridgehead atoms. The van der Waals surface area contributed by atoms with E-state index in [1.165, 1.54) is 0 Å². The van der Waals surface area contributed by atoms with Crippen LogP contribution in [0.5, 0.6) is 5.75 Å². The summed E-state index contributed by atoms with van der Waals surface area (Å²) in [5.41, 5.74) is 2.66. The number of nitrogens with zero attached hydrogens (tertiary/aromatic N) is 1. The monoisotopic (exact) mass is 317 g/mol. The summed E-state index contributed by atoms with van der Waals surface area (Å²) in [5, 5.41) is 6.62. The zero-order valence-corrected chi connectivity index (χ0v) is 13.4. The fourth-order valence-electron chi connectivity index (χ4n) is 2.25. The molecular formula is C20H19N3O. The highest BCUT2D eigenvalue weighted by Gasteiger charge is 2.05. The molecule has 0 heterocycles. The van der Waals surface area contributed by atoms with Gasteiger partial charge >= 0.3 is 0 Å². The molecule has 0 saturated carbocycles. The Morgan fingerprint density at radius 3 is 1.75 bits per heavy atom. The Morgan fingerprint density at radius 1 is 0.708 bits per heavy atom. The summed E-state index contributed by atoms with van der Waals surface area (Å²) in [5.74, 6) is 1.34. The van der Waals surface area contributed by atoms with Gasteiger partial charge in [0, 0.05) is 11.4 Å². The van der Waals surface area contributed by atoms with Crippen LogP contribution in [-0.2, 0) is 0 Å². The molecule has 3 aromatic rings. The Hall–Kier alpha value is -3.27. The first-order chi connectivity index (χ1) is 11.8. The van der Waals surface area contributed by atoms with E-state index >= 15 is 0 Å². The minimum Gasteiger partial charge on any atom is -0.494 e. The zero-order chi connectivity index (χ0) is 16.6. The lowest BCUT2D eigenvalue weighted by Gasteiger charge is -2.13. The van der Waals surface area contributed by atoms with Crippen molar-refractivity contribution in [1.82, 2.24) is 0 Å². The van der Waals surface area contributed by atoms with E-state index in [1.807, 2.05) is 84.9 Å². The number of rotatable bonds is 4. The van der Waals surface area contributed by atoms with Crippen LogP contribution in [0.3, 0.4) is 0 Å². The number of anilines is 2. The number of para-hydroxylation sites is 4. The summed E-state index contributed by atoms with van der Waals surface area (Å²) < 4.78 is 5.38. The fourth-order valence-corrected chi connectivity index (χ4v) is 2.25. The first-order valence-electron chi connectivity index (χ1n) is 7.71. The molecule has 0 aliphatic carbocycles. The van der Waals surface area contributed by atoms with Gasteiger partial charge in [-0.25, -0.2) is 4.99 Å². The summed E-state index contributed by atoms with van der Waals surface area (Å²) in [7, 11) is 1.64. The van der Waals surface area contributed by atoms with Gasteiger partial charge in [0.15, 0.2) is 0 Å². The molecule has 0 saturated heterocycles. The van der Waals surface area contributed by atoms with Crippen LogP contribution in [0.2, 0.25) is 0 Å². The van der Waals surface area contributed by atoms with E-state index in [9.17, 15) is 0 Å². The maximum Gasteiger partial charge on any atom is 0.205 e. The first-order valence-corrected chi connectivity index (χ1v) is 7.71. The molecule has 0 atom stereocenters. The van der Waals surface area contributed by atoms with E-state index in [4.69, 9.17) is 4.74 Å². The standard InChI is InChI=1S/C20H19N3O/c1-24-19-15-9-8-14-18(19)23-20(21-16-10-4-2-5-11-16)22-17-12-6-3-7-13-17/h2-15H,1H3,(H2,21,22,23). The summed E-state index contributed by atoms with van der Waals surface area (Å²) in [6, 6.07) is 27.5. The molecule has 120 valence electrons. The number of methoxy groups -OCH3 is 1. The van der Waals surface area contributed by atoms with Crippen LogP contribution in [0.15, 0.2) is 89.9 Å². The van der Waals surface area contributed by atoms with Crippen molar-refractivity contribution in [2.45, 2.75) is 0 Å². The second kappa shape index (κ2) is 7.83. The first kappa shape index (κ1) is 15.6. The molecule has 4 heteroatoms. The highest BCUT2D eigenvalue weighted by molar-refractivity contribution is 6.05. The van der Waals surface area contributed by atoms with Crippen LogP contribution in [0.4, 0.5) is 17.1 Å². The highest BCUT2D eigenvalue weighted by Crippen LogP contribution is 2.26. The molecule has 0 radical (unpaired) electrons. The van der Waals surface area contributed by atoms with Crippen LogP contribution in [0.1, 0.15) is 0 Å². The largest absolute Gasteiger partial charge is 0.494 e. The van der Waals surface area contributed by atoms with E-state index in [2.05, 4.69) is 15.6 Å². The number of hydrogen-bond acceptors (Lipinski definition) is 2. The van der Waals surface area contributed by atoms with Gasteiger partial charge in [-0.3, -0.25) is 0 Å². The third-order valence-electron chi connectivity index (χ3n) is 3.39. The Balaban J connectivity index is 1.93. The van der Waals surface area contributed by atoms with Gasteiger partial charge in [0.05, 0.1) is 7.11 Å². The minimum absolute atomic E-state index is 0.622. The molecule has 4 nitrogen and oxygen atoms in total. The normalized spacial score (nSPS) is 9.88. The van der Waals surface area contributed by atoms with Gasteiger partial charge in [-0.1, -0.05) is 48.5 Å². The molecule has 0 aromatic heterocycles. The summed E-state index contributed by atoms with van der Waals surface area (Å²) in [4.78, 5) is 4.69. The lowest BCUT2D eigenvalue weighted by molar-refractivity contribution is 0.416. The van der Waals surface area contributed by atoms with Gasteiger partial charge in [-0.15, -0.1) is 0 Å². The predicted molar refractivity (Wildman–Crippen MR) is 100 cm³/mol. The van der Waals surface area contributed by atoms with Gasteiger partial charge in [0.2, 0.25) is 5.96 Å². The van der Waals surface area contributed by atoms with Crippen molar-refractivity contribution in [2.75, 3.05) is 17.7 Å². The van der Waals surface area contributed by atoms with Crippen LogP contribution < -0.4 is 15.4 Å². The smallest absolute Gasteiger partial charge is 0.205 e. The lowest BCUT2D eigenvalue weighted by Crippen LogP contribution is -2.21. The van der Waals surface area contributed by atoms with Crippen molar-refractivity contribution >= 4 is 23.0 Å². The molecule has 0 unspecified atom stereocenters. The second-order valence-corrected chi connectivity index (χ2v) is 5.11. The highest BCUT2D eigenvalue weighted by atomic mass is 16.5. The van der Waals surface area contributed by atoms with E-state index in [0.717, 1.165) is 22.8 Å². The Bertz CT molecular complexity index is 758. The van der Waals surface area contributed by atoms with Crippen LogP contribution in [0, 0.1) is 0 Å². The third kappa shape index (κ3) is 4.14. The summed E-state index contributed by atoms with van der Waals surface area (Å²) in [6.07, 6.45) is 0. The molecule has 0 spiro atoms. The van der Waals surface area contributed by atoms with Gasteiger partial charge in [0.1, 0.15) is 11.4 Å². The van der Waals surface area contributed by atoms with Crippen molar-refractivity contribution in [3.8, 4) is 5.75 Å². The Labute approximate surface area is 141 Å². The number of guanidine groups is 1. The molecule has 0 aliphatic heterocycles. The quantitative estimate of drug-likeness (QED) is 0.531. The Kier molecular flexibility index (Phi) is 5.10. The average molecular weight is 317 g/mol. The lowest BCUT2D eigenvalue weighted by atomic mass is 10.3. The third-order valence-corrected chi connectivity index (χ3v) is 3.39. The van der Waals surface area contributed by atoms with Gasteiger partial charge in [-0.2, -0.15) is 0 Å². The van der Waals surface area contributed by atoms with Crippen molar-refractivity contribution in [3.63, 3.8) is 0 Å². The number of aliphatic imine (C=N–C) groups is 1. The molecule has 3 rings (SSSR count). The van der Waals surface area contributed by atoms with Crippen molar-refractivity contribution in [2.24, 2.45) is 4.99 Å². The van der Waals surface area contributed by atoms with E-state index in [1.54, 1.807) is 7.11 Å². The predicted octanol–water partition coefficient (Wildman–Crippen LogP) is 4.91. The van der Waals surface area contributed by atoms with Gasteiger partial charge in [0.25, 0.3) is 0 Å². The second-order valence-electron chi connectivity index (χ2n) is 5.11. The molecule has 2 N–H and O–H groups in total. The zero-order valence-electron chi connectivity index (χ0n) is 13.4. The maximum atomic E-state index is 5.38. The van der Waals surface area contributed by atoms with Crippen molar-refractivity contribution in [3.05, 3.63) is 84.9 Å². The number of nitrogens with one attached hydrogen (secondary N) is 2.